The van der Waals surface area contributed by atoms with Crippen molar-refractivity contribution in [2.75, 3.05) is 12.4 Å². The van der Waals surface area contributed by atoms with Crippen LogP contribution < -0.4 is 5.32 Å². The highest BCUT2D eigenvalue weighted by molar-refractivity contribution is 5.91. The first kappa shape index (κ1) is 15.0. The second-order valence-electron chi connectivity index (χ2n) is 5.26. The number of aromatic nitrogens is 3. The average Bonchev–Trinajstić information content (AvgIpc) is 2.95. The standard InChI is InChI=1S/C17H18N4O2/c1-4-11-5-6-12(17(22)23-3)7-13(11)20-16-8-15-14(9-18-16)19-10-21(15)2/h5-10H,4H2,1-3H3,(H,18,20). The summed E-state index contributed by atoms with van der Waals surface area (Å²) in [4.78, 5) is 20.4. The third-order valence-electron chi connectivity index (χ3n) is 3.79. The molecule has 0 unspecified atom stereocenters. The molecular weight excluding hydrogens is 292 g/mol. The predicted molar refractivity (Wildman–Crippen MR) is 89.0 cm³/mol. The van der Waals surface area contributed by atoms with E-state index >= 15 is 0 Å². The van der Waals surface area contributed by atoms with Gasteiger partial charge < -0.3 is 14.6 Å². The molecule has 0 bridgehead atoms. The quantitative estimate of drug-likeness (QED) is 0.750. The highest BCUT2D eigenvalue weighted by Gasteiger charge is 2.10. The molecule has 3 rings (SSSR count). The van der Waals surface area contributed by atoms with Crippen LogP contribution in [0.3, 0.4) is 0 Å². The summed E-state index contributed by atoms with van der Waals surface area (Å²) >= 11 is 0. The zero-order valence-electron chi connectivity index (χ0n) is 13.3. The summed E-state index contributed by atoms with van der Waals surface area (Å²) in [5, 5.41) is 3.29. The van der Waals surface area contributed by atoms with Gasteiger partial charge in [-0.1, -0.05) is 13.0 Å². The number of carbonyl (C=O) groups is 1. The smallest absolute Gasteiger partial charge is 0.337 e. The Kier molecular flexibility index (Phi) is 3.97. The molecule has 0 amide bonds. The first-order valence-corrected chi connectivity index (χ1v) is 7.37. The summed E-state index contributed by atoms with van der Waals surface area (Å²) in [5.41, 5.74) is 4.30. The van der Waals surface area contributed by atoms with Crippen LogP contribution in [0.15, 0.2) is 36.8 Å². The number of benzene rings is 1. The molecule has 118 valence electrons. The van der Waals surface area contributed by atoms with Gasteiger partial charge in [-0.15, -0.1) is 0 Å². The van der Waals surface area contributed by atoms with E-state index in [9.17, 15) is 4.79 Å². The third-order valence-corrected chi connectivity index (χ3v) is 3.79. The molecule has 0 saturated carbocycles. The fourth-order valence-corrected chi connectivity index (χ4v) is 2.48. The van der Waals surface area contributed by atoms with Crippen molar-refractivity contribution in [2.45, 2.75) is 13.3 Å². The van der Waals surface area contributed by atoms with Crippen LogP contribution in [-0.2, 0) is 18.2 Å². The normalized spacial score (nSPS) is 10.7. The molecule has 0 spiro atoms. The van der Waals surface area contributed by atoms with Crippen LogP contribution in [0.2, 0.25) is 0 Å². The Hall–Kier alpha value is -2.89. The van der Waals surface area contributed by atoms with Crippen LogP contribution in [-0.4, -0.2) is 27.6 Å². The molecule has 0 fully saturated rings. The van der Waals surface area contributed by atoms with E-state index in [0.29, 0.717) is 11.4 Å². The van der Waals surface area contributed by atoms with Gasteiger partial charge in [0.2, 0.25) is 0 Å². The number of aryl methyl sites for hydroxylation is 2. The molecule has 0 radical (unpaired) electrons. The van der Waals surface area contributed by atoms with Gasteiger partial charge in [-0.05, 0) is 24.1 Å². The first-order chi connectivity index (χ1) is 11.1. The number of hydrogen-bond donors (Lipinski definition) is 1. The Morgan fingerprint density at radius 2 is 2.13 bits per heavy atom. The first-order valence-electron chi connectivity index (χ1n) is 7.37. The Labute approximate surface area is 134 Å². The largest absolute Gasteiger partial charge is 0.465 e. The van der Waals surface area contributed by atoms with Crippen molar-refractivity contribution < 1.29 is 9.53 Å². The van der Waals surface area contributed by atoms with Gasteiger partial charge in [0.05, 0.1) is 30.7 Å². The maximum Gasteiger partial charge on any atom is 0.337 e. The number of rotatable bonds is 4. The maximum atomic E-state index is 11.7. The van der Waals surface area contributed by atoms with Gasteiger partial charge in [-0.3, -0.25) is 0 Å². The van der Waals surface area contributed by atoms with Crippen LogP contribution in [0, 0.1) is 0 Å². The molecule has 23 heavy (non-hydrogen) atoms. The number of nitrogens with zero attached hydrogens (tertiary/aromatic N) is 3. The lowest BCUT2D eigenvalue weighted by molar-refractivity contribution is 0.0601. The highest BCUT2D eigenvalue weighted by Crippen LogP contribution is 2.24. The minimum absolute atomic E-state index is 0.356. The SMILES string of the molecule is CCc1ccc(C(=O)OC)cc1Nc1cc2c(cn1)ncn2C. The van der Waals surface area contributed by atoms with Crippen molar-refractivity contribution in [2.24, 2.45) is 7.05 Å². The molecule has 3 aromatic rings. The van der Waals surface area contributed by atoms with Crippen LogP contribution >= 0.6 is 0 Å². The predicted octanol–water partition coefficient (Wildman–Crippen LogP) is 3.06. The Morgan fingerprint density at radius 1 is 1.30 bits per heavy atom. The molecule has 6 nitrogen and oxygen atoms in total. The molecule has 0 aliphatic heterocycles. The highest BCUT2D eigenvalue weighted by atomic mass is 16.5. The van der Waals surface area contributed by atoms with Crippen molar-refractivity contribution in [3.05, 3.63) is 47.9 Å². The molecule has 0 aliphatic rings. The summed E-state index contributed by atoms with van der Waals surface area (Å²) in [5.74, 6) is 0.351. The number of nitrogens with one attached hydrogen (secondary N) is 1. The molecule has 0 aliphatic carbocycles. The summed E-state index contributed by atoms with van der Waals surface area (Å²) in [6.45, 7) is 2.07. The molecule has 2 heterocycles. The van der Waals surface area contributed by atoms with Gasteiger partial charge in [0.1, 0.15) is 11.3 Å². The maximum absolute atomic E-state index is 11.7. The molecule has 1 N–H and O–H groups in total. The number of carbonyl (C=O) groups excluding carboxylic acids is 1. The number of methoxy groups -OCH3 is 1. The van der Waals surface area contributed by atoms with Gasteiger partial charge in [0, 0.05) is 18.8 Å². The van der Waals surface area contributed by atoms with Gasteiger partial charge in [-0.2, -0.15) is 0 Å². The van der Waals surface area contributed by atoms with E-state index in [1.54, 1.807) is 24.7 Å². The topological polar surface area (TPSA) is 69.0 Å². The lowest BCUT2D eigenvalue weighted by Gasteiger charge is -2.12. The minimum atomic E-state index is -0.356. The monoisotopic (exact) mass is 310 g/mol. The van der Waals surface area contributed by atoms with E-state index < -0.39 is 0 Å². The van der Waals surface area contributed by atoms with Crippen molar-refractivity contribution >= 4 is 28.5 Å². The van der Waals surface area contributed by atoms with E-state index in [2.05, 4.69) is 22.2 Å². The van der Waals surface area contributed by atoms with Crippen molar-refractivity contribution in [3.63, 3.8) is 0 Å². The fraction of sp³-hybridized carbons (Fsp3) is 0.235. The molecular formula is C17H18N4O2. The average molecular weight is 310 g/mol. The zero-order valence-corrected chi connectivity index (χ0v) is 13.3. The number of hydrogen-bond acceptors (Lipinski definition) is 5. The summed E-state index contributed by atoms with van der Waals surface area (Å²) in [6, 6.07) is 7.43. The Balaban J connectivity index is 1.99. The van der Waals surface area contributed by atoms with Crippen molar-refractivity contribution in [3.8, 4) is 0 Å². The number of pyridine rings is 1. The molecule has 6 heteroatoms. The molecule has 2 aromatic heterocycles. The second kappa shape index (κ2) is 6.08. The van der Waals surface area contributed by atoms with Crippen molar-refractivity contribution in [1.29, 1.82) is 0 Å². The third kappa shape index (κ3) is 2.88. The van der Waals surface area contributed by atoms with Gasteiger partial charge in [0.25, 0.3) is 0 Å². The lowest BCUT2D eigenvalue weighted by atomic mass is 10.1. The Bertz CT molecular complexity index is 870. The minimum Gasteiger partial charge on any atom is -0.465 e. The van der Waals surface area contributed by atoms with Crippen LogP contribution in [0.25, 0.3) is 11.0 Å². The number of ether oxygens (including phenoxy) is 1. The van der Waals surface area contributed by atoms with E-state index in [1.165, 1.54) is 7.11 Å². The number of esters is 1. The fourth-order valence-electron chi connectivity index (χ4n) is 2.48. The summed E-state index contributed by atoms with van der Waals surface area (Å²) in [7, 11) is 3.31. The van der Waals surface area contributed by atoms with E-state index in [-0.39, 0.29) is 5.97 Å². The van der Waals surface area contributed by atoms with Crippen molar-refractivity contribution in [1.82, 2.24) is 14.5 Å². The van der Waals surface area contributed by atoms with Gasteiger partial charge in [0.15, 0.2) is 0 Å². The number of fused-ring (bicyclic) bond motifs is 1. The zero-order chi connectivity index (χ0) is 16.4. The lowest BCUT2D eigenvalue weighted by Crippen LogP contribution is -2.04. The van der Waals surface area contributed by atoms with Crippen LogP contribution in [0.1, 0.15) is 22.8 Å². The van der Waals surface area contributed by atoms with E-state index in [1.807, 2.05) is 23.7 Å². The van der Waals surface area contributed by atoms with Crippen LogP contribution in [0.5, 0.6) is 0 Å². The van der Waals surface area contributed by atoms with Crippen LogP contribution in [0.4, 0.5) is 11.5 Å². The number of imidazole rings is 1. The van der Waals surface area contributed by atoms with E-state index in [0.717, 1.165) is 28.7 Å². The Morgan fingerprint density at radius 3 is 2.87 bits per heavy atom. The van der Waals surface area contributed by atoms with Gasteiger partial charge in [-0.25, -0.2) is 14.8 Å². The molecule has 1 aromatic carbocycles. The summed E-state index contributed by atoms with van der Waals surface area (Å²) in [6.07, 6.45) is 4.33. The van der Waals surface area contributed by atoms with Gasteiger partial charge >= 0.3 is 5.97 Å². The second-order valence-corrected chi connectivity index (χ2v) is 5.26. The molecule has 0 atom stereocenters. The van der Waals surface area contributed by atoms with E-state index in [4.69, 9.17) is 4.74 Å². The molecule has 0 saturated heterocycles. The summed E-state index contributed by atoms with van der Waals surface area (Å²) < 4.78 is 6.72. The number of anilines is 2.